The Bertz CT molecular complexity index is 505. The number of halogens is 2. The lowest BCUT2D eigenvalue weighted by molar-refractivity contribution is 0.0688. The Labute approximate surface area is 121 Å². The van der Waals surface area contributed by atoms with Crippen molar-refractivity contribution in [3.8, 4) is 0 Å². The zero-order valence-corrected chi connectivity index (χ0v) is 12.3. The molecule has 1 amide bonds. The number of likely N-dealkylation sites (tertiary alicyclic amines) is 1. The predicted molar refractivity (Wildman–Crippen MR) is 75.5 cm³/mol. The van der Waals surface area contributed by atoms with E-state index in [-0.39, 0.29) is 11.7 Å². The third-order valence-corrected chi connectivity index (χ3v) is 5.26. The van der Waals surface area contributed by atoms with Crippen LogP contribution in [0.25, 0.3) is 0 Å². The van der Waals surface area contributed by atoms with E-state index >= 15 is 0 Å². The standard InChI is InChI=1S/C15H17BrFNO/c16-14-11(5-3-6-12(14)17)15(19)18-9-8-10-4-1-2-7-13(10)18/h3,5-6,10,13H,1-2,4,7-9H2. The summed E-state index contributed by atoms with van der Waals surface area (Å²) < 4.78 is 13.8. The van der Waals surface area contributed by atoms with Crippen molar-refractivity contribution in [2.24, 2.45) is 5.92 Å². The van der Waals surface area contributed by atoms with Crippen molar-refractivity contribution in [3.05, 3.63) is 34.1 Å². The third kappa shape index (κ3) is 2.31. The third-order valence-electron chi connectivity index (χ3n) is 4.45. The maximum atomic E-state index is 13.5. The number of carbonyl (C=O) groups is 1. The summed E-state index contributed by atoms with van der Waals surface area (Å²) >= 11 is 3.19. The van der Waals surface area contributed by atoms with E-state index in [1.807, 2.05) is 4.90 Å². The first-order chi connectivity index (χ1) is 9.18. The second kappa shape index (κ2) is 5.23. The Morgan fingerprint density at radius 1 is 1.26 bits per heavy atom. The molecular weight excluding hydrogens is 309 g/mol. The molecule has 0 aromatic heterocycles. The molecule has 2 nitrogen and oxygen atoms in total. The number of benzene rings is 1. The highest BCUT2D eigenvalue weighted by molar-refractivity contribution is 9.10. The minimum absolute atomic E-state index is 0.0271. The van der Waals surface area contributed by atoms with Crippen LogP contribution in [0.2, 0.25) is 0 Å². The first-order valence-corrected chi connectivity index (χ1v) is 7.73. The van der Waals surface area contributed by atoms with Gasteiger partial charge >= 0.3 is 0 Å². The molecule has 0 spiro atoms. The first kappa shape index (κ1) is 13.1. The minimum atomic E-state index is -0.370. The average molecular weight is 326 g/mol. The molecule has 0 radical (unpaired) electrons. The summed E-state index contributed by atoms with van der Waals surface area (Å²) in [6, 6.07) is 5.04. The number of nitrogens with zero attached hydrogens (tertiary/aromatic N) is 1. The van der Waals surface area contributed by atoms with E-state index in [4.69, 9.17) is 0 Å². The van der Waals surface area contributed by atoms with Gasteiger partial charge in [0.25, 0.3) is 5.91 Å². The van der Waals surface area contributed by atoms with Crippen LogP contribution in [-0.2, 0) is 0 Å². The van der Waals surface area contributed by atoms with Crippen molar-refractivity contribution in [3.63, 3.8) is 0 Å². The lowest BCUT2D eigenvalue weighted by Crippen LogP contribution is -2.39. The zero-order chi connectivity index (χ0) is 13.4. The zero-order valence-electron chi connectivity index (χ0n) is 10.7. The summed E-state index contributed by atoms with van der Waals surface area (Å²) in [5.74, 6) is 0.260. The van der Waals surface area contributed by atoms with Crippen LogP contribution in [0.4, 0.5) is 4.39 Å². The van der Waals surface area contributed by atoms with Crippen molar-refractivity contribution in [1.29, 1.82) is 0 Å². The molecule has 1 aromatic rings. The highest BCUT2D eigenvalue weighted by Gasteiger charge is 2.38. The first-order valence-electron chi connectivity index (χ1n) is 6.93. The number of hydrogen-bond acceptors (Lipinski definition) is 1. The molecule has 0 N–H and O–H groups in total. The number of fused-ring (bicyclic) bond motifs is 1. The van der Waals surface area contributed by atoms with E-state index in [1.165, 1.54) is 25.3 Å². The molecule has 1 heterocycles. The molecule has 3 rings (SSSR count). The summed E-state index contributed by atoms with van der Waals surface area (Å²) in [6.45, 7) is 0.817. The maximum Gasteiger partial charge on any atom is 0.255 e. The topological polar surface area (TPSA) is 20.3 Å². The molecule has 1 aliphatic heterocycles. The molecule has 1 aromatic carbocycles. The van der Waals surface area contributed by atoms with Crippen LogP contribution in [0, 0.1) is 11.7 Å². The van der Waals surface area contributed by atoms with Gasteiger partial charge in [0, 0.05) is 12.6 Å². The van der Waals surface area contributed by atoms with Gasteiger partial charge in [0.1, 0.15) is 5.82 Å². The Morgan fingerprint density at radius 2 is 2.05 bits per heavy atom. The predicted octanol–water partition coefficient (Wildman–Crippen LogP) is 3.99. The van der Waals surface area contributed by atoms with Crippen LogP contribution < -0.4 is 0 Å². The molecule has 2 fully saturated rings. The molecule has 1 aliphatic carbocycles. The van der Waals surface area contributed by atoms with Crippen molar-refractivity contribution in [2.75, 3.05) is 6.54 Å². The van der Waals surface area contributed by atoms with E-state index in [0.29, 0.717) is 22.0 Å². The van der Waals surface area contributed by atoms with E-state index in [1.54, 1.807) is 12.1 Å². The number of amides is 1. The lowest BCUT2D eigenvalue weighted by atomic mass is 9.85. The smallest absolute Gasteiger partial charge is 0.255 e. The van der Waals surface area contributed by atoms with Crippen molar-refractivity contribution < 1.29 is 9.18 Å². The monoisotopic (exact) mass is 325 g/mol. The Morgan fingerprint density at radius 3 is 2.89 bits per heavy atom. The van der Waals surface area contributed by atoms with Gasteiger partial charge in [0.15, 0.2) is 0 Å². The van der Waals surface area contributed by atoms with E-state index in [0.717, 1.165) is 19.4 Å². The fourth-order valence-corrected chi connectivity index (χ4v) is 3.92. The molecule has 0 bridgehead atoms. The summed E-state index contributed by atoms with van der Waals surface area (Å²) in [5.41, 5.74) is 0.450. The van der Waals surface area contributed by atoms with Crippen molar-refractivity contribution >= 4 is 21.8 Å². The van der Waals surface area contributed by atoms with Crippen LogP contribution in [0.5, 0.6) is 0 Å². The molecule has 19 heavy (non-hydrogen) atoms. The van der Waals surface area contributed by atoms with Crippen LogP contribution in [0.15, 0.2) is 22.7 Å². The van der Waals surface area contributed by atoms with Crippen molar-refractivity contribution in [1.82, 2.24) is 4.90 Å². The quantitative estimate of drug-likeness (QED) is 0.764. The lowest BCUT2D eigenvalue weighted by Gasteiger charge is -2.31. The fraction of sp³-hybridized carbons (Fsp3) is 0.533. The molecular formula is C15H17BrFNO. The van der Waals surface area contributed by atoms with Crippen LogP contribution >= 0.6 is 15.9 Å². The van der Waals surface area contributed by atoms with Gasteiger partial charge < -0.3 is 4.90 Å². The Kier molecular flexibility index (Phi) is 3.61. The van der Waals surface area contributed by atoms with Gasteiger partial charge in [0.2, 0.25) is 0 Å². The van der Waals surface area contributed by atoms with Gasteiger partial charge in [-0.2, -0.15) is 0 Å². The van der Waals surface area contributed by atoms with Gasteiger partial charge in [0.05, 0.1) is 10.0 Å². The van der Waals surface area contributed by atoms with Gasteiger partial charge in [-0.05, 0) is 53.2 Å². The summed E-state index contributed by atoms with van der Waals surface area (Å²) in [7, 11) is 0. The molecule has 102 valence electrons. The van der Waals surface area contributed by atoms with E-state index in [2.05, 4.69) is 15.9 Å². The second-order valence-corrected chi connectivity index (χ2v) is 6.29. The maximum absolute atomic E-state index is 13.5. The largest absolute Gasteiger partial charge is 0.335 e. The number of hydrogen-bond donors (Lipinski definition) is 0. The van der Waals surface area contributed by atoms with Gasteiger partial charge in [-0.3, -0.25) is 4.79 Å². The summed E-state index contributed by atoms with van der Waals surface area (Å²) in [5, 5.41) is 0. The Hall–Kier alpha value is -0.900. The van der Waals surface area contributed by atoms with Gasteiger partial charge in [-0.25, -0.2) is 4.39 Å². The fourth-order valence-electron chi connectivity index (χ4n) is 3.48. The molecule has 2 unspecified atom stereocenters. The summed E-state index contributed by atoms with van der Waals surface area (Å²) in [4.78, 5) is 14.6. The second-order valence-electron chi connectivity index (χ2n) is 5.50. The molecule has 2 atom stereocenters. The van der Waals surface area contributed by atoms with Gasteiger partial charge in [-0.15, -0.1) is 0 Å². The molecule has 2 aliphatic rings. The average Bonchev–Trinajstić information content (AvgIpc) is 2.85. The Balaban J connectivity index is 1.86. The number of rotatable bonds is 1. The molecule has 4 heteroatoms. The van der Waals surface area contributed by atoms with Gasteiger partial charge in [-0.1, -0.05) is 18.9 Å². The van der Waals surface area contributed by atoms with Crippen LogP contribution in [0.3, 0.4) is 0 Å². The van der Waals surface area contributed by atoms with E-state index < -0.39 is 0 Å². The minimum Gasteiger partial charge on any atom is -0.335 e. The highest BCUT2D eigenvalue weighted by atomic mass is 79.9. The van der Waals surface area contributed by atoms with E-state index in [9.17, 15) is 9.18 Å². The normalized spacial score (nSPS) is 26.3. The highest BCUT2D eigenvalue weighted by Crippen LogP contribution is 2.37. The SMILES string of the molecule is O=C(c1cccc(F)c1Br)N1CCC2CCCCC21. The molecule has 1 saturated heterocycles. The van der Waals surface area contributed by atoms with Crippen LogP contribution in [0.1, 0.15) is 42.5 Å². The summed E-state index contributed by atoms with van der Waals surface area (Å²) in [6.07, 6.45) is 5.92. The molecule has 1 saturated carbocycles. The van der Waals surface area contributed by atoms with Crippen LogP contribution in [-0.4, -0.2) is 23.4 Å². The number of carbonyl (C=O) groups excluding carboxylic acids is 1. The van der Waals surface area contributed by atoms with Crippen molar-refractivity contribution in [2.45, 2.75) is 38.1 Å².